The maximum atomic E-state index is 10.6. The van der Waals surface area contributed by atoms with Crippen LogP contribution in [-0.4, -0.2) is 34.0 Å². The fraction of sp³-hybridized carbons (Fsp3) is 0.556. The molecule has 1 atom stereocenters. The number of rotatable bonds is 3. The lowest BCUT2D eigenvalue weighted by atomic mass is 9.98. The molecule has 4 nitrogen and oxygen atoms in total. The average molecular weight is 212 g/mol. The van der Waals surface area contributed by atoms with Gasteiger partial charge in [-0.2, -0.15) is 0 Å². The van der Waals surface area contributed by atoms with Crippen LogP contribution >= 0.6 is 11.3 Å². The van der Waals surface area contributed by atoms with Gasteiger partial charge in [-0.1, -0.05) is 0 Å². The number of thiazole rings is 1. The SMILES string of the molecule is CC(c1cncs1)N1CC(C(=O)O)C1. The Kier molecular flexibility index (Phi) is 2.52. The normalized spacial score (nSPS) is 20.4. The van der Waals surface area contributed by atoms with Crippen LogP contribution in [0.1, 0.15) is 17.8 Å². The Hall–Kier alpha value is -0.940. The summed E-state index contributed by atoms with van der Waals surface area (Å²) in [7, 11) is 0. The van der Waals surface area contributed by atoms with E-state index in [4.69, 9.17) is 5.11 Å². The molecule has 1 fully saturated rings. The standard InChI is InChI=1S/C9H12N2O2S/c1-6(8-2-10-5-14-8)11-3-7(4-11)9(12)13/h2,5-7H,3-4H2,1H3,(H,12,13). The second-order valence-corrected chi connectivity index (χ2v) is 4.49. The van der Waals surface area contributed by atoms with Gasteiger partial charge in [-0.3, -0.25) is 14.7 Å². The third-order valence-corrected chi connectivity index (χ3v) is 3.62. The summed E-state index contributed by atoms with van der Waals surface area (Å²) in [4.78, 5) is 18.0. The first-order valence-electron chi connectivity index (χ1n) is 4.53. The fourth-order valence-electron chi connectivity index (χ4n) is 1.60. The molecule has 14 heavy (non-hydrogen) atoms. The van der Waals surface area contributed by atoms with E-state index in [-0.39, 0.29) is 5.92 Å². The first-order chi connectivity index (χ1) is 6.68. The van der Waals surface area contributed by atoms with Crippen molar-refractivity contribution in [2.45, 2.75) is 13.0 Å². The van der Waals surface area contributed by atoms with Gasteiger partial charge in [-0.15, -0.1) is 11.3 Å². The van der Waals surface area contributed by atoms with Crippen molar-refractivity contribution in [2.75, 3.05) is 13.1 Å². The summed E-state index contributed by atoms with van der Waals surface area (Å²) in [6, 6.07) is 0.304. The van der Waals surface area contributed by atoms with Crippen molar-refractivity contribution in [3.05, 3.63) is 16.6 Å². The Labute approximate surface area is 86.2 Å². The number of hydrogen-bond acceptors (Lipinski definition) is 4. The third kappa shape index (κ3) is 1.65. The predicted octanol–water partition coefficient (Wildman–Crippen LogP) is 1.22. The highest BCUT2D eigenvalue weighted by atomic mass is 32.1. The molecule has 1 aromatic heterocycles. The molecule has 76 valence electrons. The molecule has 0 amide bonds. The van der Waals surface area contributed by atoms with E-state index in [0.717, 1.165) is 0 Å². The molecule has 1 aliphatic rings. The van der Waals surface area contributed by atoms with E-state index >= 15 is 0 Å². The Balaban J connectivity index is 1.91. The quantitative estimate of drug-likeness (QED) is 0.818. The van der Waals surface area contributed by atoms with Crippen molar-refractivity contribution in [2.24, 2.45) is 5.92 Å². The molecule has 0 radical (unpaired) electrons. The van der Waals surface area contributed by atoms with Crippen molar-refractivity contribution < 1.29 is 9.90 Å². The van der Waals surface area contributed by atoms with Crippen molar-refractivity contribution in [1.29, 1.82) is 0 Å². The Morgan fingerprint density at radius 3 is 3.00 bits per heavy atom. The Morgan fingerprint density at radius 2 is 2.50 bits per heavy atom. The first kappa shape index (κ1) is 9.61. The van der Waals surface area contributed by atoms with E-state index in [9.17, 15) is 4.79 Å². The van der Waals surface area contributed by atoms with Gasteiger partial charge in [0.1, 0.15) is 0 Å². The van der Waals surface area contributed by atoms with Gasteiger partial charge < -0.3 is 5.11 Å². The molecule has 0 aromatic carbocycles. The van der Waals surface area contributed by atoms with Gasteiger partial charge in [-0.25, -0.2) is 0 Å². The summed E-state index contributed by atoms with van der Waals surface area (Å²) in [6.07, 6.45) is 1.85. The number of carbonyl (C=O) groups is 1. The minimum absolute atomic E-state index is 0.176. The first-order valence-corrected chi connectivity index (χ1v) is 5.41. The number of likely N-dealkylation sites (tertiary alicyclic amines) is 1. The van der Waals surface area contributed by atoms with Crippen LogP contribution in [0.3, 0.4) is 0 Å². The van der Waals surface area contributed by atoms with Crippen molar-refractivity contribution in [3.63, 3.8) is 0 Å². The number of carboxylic acid groups (broad SMARTS) is 1. The van der Waals surface area contributed by atoms with Gasteiger partial charge in [0.2, 0.25) is 0 Å². The molecule has 0 spiro atoms. The third-order valence-electron chi connectivity index (χ3n) is 2.67. The Morgan fingerprint density at radius 1 is 1.79 bits per heavy atom. The van der Waals surface area contributed by atoms with E-state index in [1.165, 1.54) is 4.88 Å². The second-order valence-electron chi connectivity index (χ2n) is 3.57. The molecule has 0 bridgehead atoms. The second kappa shape index (κ2) is 3.67. The van der Waals surface area contributed by atoms with Crippen LogP contribution in [0, 0.1) is 5.92 Å². The maximum Gasteiger partial charge on any atom is 0.309 e. The van der Waals surface area contributed by atoms with Crippen LogP contribution in [0.4, 0.5) is 0 Å². The van der Waals surface area contributed by atoms with E-state index in [1.807, 2.05) is 6.20 Å². The highest BCUT2D eigenvalue weighted by Gasteiger charge is 2.35. The molecule has 0 saturated carbocycles. The summed E-state index contributed by atoms with van der Waals surface area (Å²) in [5.41, 5.74) is 1.81. The lowest BCUT2D eigenvalue weighted by molar-refractivity contribution is -0.148. The minimum atomic E-state index is -0.683. The van der Waals surface area contributed by atoms with Crippen LogP contribution in [0.2, 0.25) is 0 Å². The van der Waals surface area contributed by atoms with Gasteiger partial charge >= 0.3 is 5.97 Å². The summed E-state index contributed by atoms with van der Waals surface area (Å²) in [6.45, 7) is 3.41. The van der Waals surface area contributed by atoms with E-state index in [0.29, 0.717) is 19.1 Å². The molecule has 1 unspecified atom stereocenters. The van der Waals surface area contributed by atoms with E-state index in [1.54, 1.807) is 16.8 Å². The van der Waals surface area contributed by atoms with E-state index < -0.39 is 5.97 Å². The van der Waals surface area contributed by atoms with Gasteiger partial charge in [-0.05, 0) is 6.92 Å². The van der Waals surface area contributed by atoms with Gasteiger partial charge in [0.05, 0.1) is 11.4 Å². The van der Waals surface area contributed by atoms with Gasteiger partial charge in [0, 0.05) is 30.2 Å². The topological polar surface area (TPSA) is 53.4 Å². The zero-order valence-corrected chi connectivity index (χ0v) is 8.70. The average Bonchev–Trinajstić information content (AvgIpc) is 2.51. The molecular weight excluding hydrogens is 200 g/mol. The minimum Gasteiger partial charge on any atom is -0.481 e. The van der Waals surface area contributed by atoms with Crippen LogP contribution < -0.4 is 0 Å². The lowest BCUT2D eigenvalue weighted by Gasteiger charge is -2.40. The highest BCUT2D eigenvalue weighted by molar-refractivity contribution is 7.09. The summed E-state index contributed by atoms with van der Waals surface area (Å²) >= 11 is 1.62. The molecule has 1 aromatic rings. The van der Waals surface area contributed by atoms with Crippen LogP contribution in [0.15, 0.2) is 11.7 Å². The number of aromatic nitrogens is 1. The maximum absolute atomic E-state index is 10.6. The number of aliphatic carboxylic acids is 1. The number of carboxylic acids is 1. The monoisotopic (exact) mass is 212 g/mol. The highest BCUT2D eigenvalue weighted by Crippen LogP contribution is 2.29. The molecule has 5 heteroatoms. The predicted molar refractivity (Wildman–Crippen MR) is 53.2 cm³/mol. The van der Waals surface area contributed by atoms with E-state index in [2.05, 4.69) is 16.8 Å². The van der Waals surface area contributed by atoms with Gasteiger partial charge in [0.25, 0.3) is 0 Å². The van der Waals surface area contributed by atoms with Crippen molar-refractivity contribution in [3.8, 4) is 0 Å². The smallest absolute Gasteiger partial charge is 0.309 e. The number of nitrogens with zero attached hydrogens (tertiary/aromatic N) is 2. The molecule has 0 aliphatic carbocycles. The lowest BCUT2D eigenvalue weighted by Crippen LogP contribution is -2.50. The van der Waals surface area contributed by atoms with Crippen LogP contribution in [0.5, 0.6) is 0 Å². The van der Waals surface area contributed by atoms with Crippen LogP contribution in [0.25, 0.3) is 0 Å². The van der Waals surface area contributed by atoms with Crippen molar-refractivity contribution >= 4 is 17.3 Å². The molecule has 1 saturated heterocycles. The summed E-state index contributed by atoms with van der Waals surface area (Å²) in [5.74, 6) is -0.858. The largest absolute Gasteiger partial charge is 0.481 e. The zero-order chi connectivity index (χ0) is 10.1. The zero-order valence-electron chi connectivity index (χ0n) is 7.88. The molecule has 2 rings (SSSR count). The Bertz CT molecular complexity index is 320. The van der Waals surface area contributed by atoms with Gasteiger partial charge in [0.15, 0.2) is 0 Å². The molecule has 1 aliphatic heterocycles. The summed E-state index contributed by atoms with van der Waals surface area (Å²) < 4.78 is 0. The molecular formula is C9H12N2O2S. The van der Waals surface area contributed by atoms with Crippen LogP contribution in [-0.2, 0) is 4.79 Å². The fourth-order valence-corrected chi connectivity index (χ4v) is 2.31. The molecule has 1 N–H and O–H groups in total. The van der Waals surface area contributed by atoms with Crippen molar-refractivity contribution in [1.82, 2.24) is 9.88 Å². The number of hydrogen-bond donors (Lipinski definition) is 1. The summed E-state index contributed by atoms with van der Waals surface area (Å²) in [5, 5.41) is 8.73. The molecule has 2 heterocycles.